The summed E-state index contributed by atoms with van der Waals surface area (Å²) in [5.74, 6) is -0.322. The van der Waals surface area contributed by atoms with Gasteiger partial charge < -0.3 is 5.32 Å². The van der Waals surface area contributed by atoms with Crippen molar-refractivity contribution >= 4 is 45.0 Å². The van der Waals surface area contributed by atoms with Crippen molar-refractivity contribution in [1.29, 1.82) is 0 Å². The van der Waals surface area contributed by atoms with Crippen LogP contribution in [-0.2, 0) is 9.59 Å². The lowest BCUT2D eigenvalue weighted by Crippen LogP contribution is -2.68. The summed E-state index contributed by atoms with van der Waals surface area (Å²) in [6, 6.07) is 4.67. The van der Waals surface area contributed by atoms with Gasteiger partial charge in [0.05, 0.1) is 10.7 Å². The largest absolute Gasteiger partial charge is 0.340 e. The molecule has 2 rings (SSSR count). The molecule has 1 heterocycles. The van der Waals surface area contributed by atoms with E-state index in [1.807, 2.05) is 6.92 Å². The van der Waals surface area contributed by atoms with Crippen LogP contribution in [0.3, 0.4) is 0 Å². The van der Waals surface area contributed by atoms with Crippen molar-refractivity contribution in [2.75, 3.05) is 4.90 Å². The Kier molecular flexibility index (Phi) is 4.12. The van der Waals surface area contributed by atoms with E-state index in [9.17, 15) is 9.59 Å². The van der Waals surface area contributed by atoms with Crippen molar-refractivity contribution in [2.24, 2.45) is 0 Å². The number of nitrogens with one attached hydrogen (secondary N) is 1. The molecule has 0 radical (unpaired) electrons. The van der Waals surface area contributed by atoms with E-state index in [1.165, 1.54) is 4.90 Å². The maximum atomic E-state index is 12.7. The second kappa shape index (κ2) is 5.37. The molecule has 2 atom stereocenters. The van der Waals surface area contributed by atoms with Crippen molar-refractivity contribution in [3.05, 3.63) is 27.7 Å². The van der Waals surface area contributed by atoms with E-state index >= 15 is 0 Å². The Hall–Kier alpha value is -1.07. The van der Waals surface area contributed by atoms with Gasteiger partial charge >= 0.3 is 0 Å². The fraction of sp³-hybridized carbons (Fsp3) is 0.429. The maximum absolute atomic E-state index is 12.7. The zero-order valence-electron chi connectivity index (χ0n) is 11.5. The summed E-state index contributed by atoms with van der Waals surface area (Å²) < 4.78 is 0.807. The minimum absolute atomic E-state index is 0.146. The molecule has 4 nitrogen and oxygen atoms in total. The average Bonchev–Trinajstić information content (AvgIpc) is 2.41. The highest BCUT2D eigenvalue weighted by Crippen LogP contribution is 2.34. The quantitative estimate of drug-likeness (QED) is 0.882. The van der Waals surface area contributed by atoms with E-state index in [-0.39, 0.29) is 11.8 Å². The van der Waals surface area contributed by atoms with Gasteiger partial charge in [-0.05, 0) is 38.5 Å². The number of benzene rings is 1. The number of piperazine rings is 1. The monoisotopic (exact) mass is 358 g/mol. The molecule has 0 aliphatic carbocycles. The van der Waals surface area contributed by atoms with Gasteiger partial charge in [-0.2, -0.15) is 0 Å². The van der Waals surface area contributed by atoms with Crippen molar-refractivity contribution in [3.63, 3.8) is 0 Å². The predicted octanol–water partition coefficient (Wildman–Crippen LogP) is 3.12. The first kappa shape index (κ1) is 15.3. The molecule has 108 valence electrons. The van der Waals surface area contributed by atoms with E-state index in [0.717, 1.165) is 4.47 Å². The number of anilines is 1. The van der Waals surface area contributed by atoms with Gasteiger partial charge in [0.2, 0.25) is 5.91 Å². The topological polar surface area (TPSA) is 49.4 Å². The normalized spacial score (nSPS) is 26.6. The number of hydrogen-bond acceptors (Lipinski definition) is 2. The van der Waals surface area contributed by atoms with Crippen LogP contribution in [0, 0.1) is 0 Å². The lowest BCUT2D eigenvalue weighted by Gasteiger charge is -2.43. The molecule has 1 aromatic rings. The van der Waals surface area contributed by atoms with Crippen LogP contribution in [-0.4, -0.2) is 23.4 Å². The molecule has 0 spiro atoms. The lowest BCUT2D eigenvalue weighted by molar-refractivity contribution is -0.137. The molecule has 1 saturated heterocycles. The van der Waals surface area contributed by atoms with Gasteiger partial charge in [0.25, 0.3) is 5.91 Å². The number of hydrogen-bond donors (Lipinski definition) is 1. The van der Waals surface area contributed by atoms with Crippen LogP contribution in [0.4, 0.5) is 5.69 Å². The van der Waals surface area contributed by atoms with Crippen LogP contribution >= 0.6 is 27.5 Å². The Bertz CT molecular complexity index is 578. The van der Waals surface area contributed by atoms with Crippen molar-refractivity contribution in [1.82, 2.24) is 5.32 Å². The molecular weight excluding hydrogens is 344 g/mol. The van der Waals surface area contributed by atoms with Crippen LogP contribution in [0.25, 0.3) is 0 Å². The van der Waals surface area contributed by atoms with Gasteiger partial charge in [-0.15, -0.1) is 0 Å². The summed E-state index contributed by atoms with van der Waals surface area (Å²) in [7, 11) is 0. The molecular formula is C14H16BrClN2O2. The highest BCUT2D eigenvalue weighted by molar-refractivity contribution is 9.10. The fourth-order valence-corrected chi connectivity index (χ4v) is 2.77. The summed E-state index contributed by atoms with van der Waals surface area (Å²) in [6.07, 6.45) is 0.520. The Morgan fingerprint density at radius 2 is 2.10 bits per heavy atom. The summed E-state index contributed by atoms with van der Waals surface area (Å²) >= 11 is 9.56. The van der Waals surface area contributed by atoms with Crippen LogP contribution < -0.4 is 10.2 Å². The van der Waals surface area contributed by atoms with Gasteiger partial charge in [0, 0.05) is 4.47 Å². The fourth-order valence-electron chi connectivity index (χ4n) is 2.22. The molecule has 1 aliphatic rings. The van der Waals surface area contributed by atoms with Crippen molar-refractivity contribution in [2.45, 2.75) is 38.8 Å². The SMILES string of the molecule is CCC1(C)NC(=O)C(C)N(c2cc(Br)ccc2Cl)C1=O. The average molecular weight is 360 g/mol. The van der Waals surface area contributed by atoms with Crippen LogP contribution in [0.1, 0.15) is 27.2 Å². The van der Waals surface area contributed by atoms with E-state index in [0.29, 0.717) is 17.1 Å². The lowest BCUT2D eigenvalue weighted by atomic mass is 9.92. The van der Waals surface area contributed by atoms with Crippen molar-refractivity contribution in [3.8, 4) is 0 Å². The van der Waals surface area contributed by atoms with Crippen LogP contribution in [0.2, 0.25) is 5.02 Å². The summed E-state index contributed by atoms with van der Waals surface area (Å²) in [5, 5.41) is 3.24. The number of carbonyl (C=O) groups excluding carboxylic acids is 2. The van der Waals surface area contributed by atoms with E-state index in [1.54, 1.807) is 32.0 Å². The minimum atomic E-state index is -0.894. The summed E-state index contributed by atoms with van der Waals surface area (Å²) in [4.78, 5) is 26.4. The zero-order chi connectivity index (χ0) is 15.1. The maximum Gasteiger partial charge on any atom is 0.253 e. The molecule has 20 heavy (non-hydrogen) atoms. The molecule has 1 aromatic carbocycles. The van der Waals surface area contributed by atoms with Crippen molar-refractivity contribution < 1.29 is 9.59 Å². The first-order chi connectivity index (χ1) is 9.30. The molecule has 2 amide bonds. The highest BCUT2D eigenvalue weighted by Gasteiger charge is 2.46. The number of halogens is 2. The second-order valence-corrected chi connectivity index (χ2v) is 6.44. The zero-order valence-corrected chi connectivity index (χ0v) is 13.9. The van der Waals surface area contributed by atoms with Gasteiger partial charge in [-0.1, -0.05) is 34.5 Å². The number of amides is 2. The Morgan fingerprint density at radius 1 is 1.45 bits per heavy atom. The molecule has 1 aliphatic heterocycles. The molecule has 0 aromatic heterocycles. The minimum Gasteiger partial charge on any atom is -0.340 e. The molecule has 0 saturated carbocycles. The van der Waals surface area contributed by atoms with Gasteiger partial charge in [-0.25, -0.2) is 0 Å². The third kappa shape index (κ3) is 2.44. The van der Waals surface area contributed by atoms with Crippen LogP contribution in [0.15, 0.2) is 22.7 Å². The predicted molar refractivity (Wildman–Crippen MR) is 82.9 cm³/mol. The third-order valence-electron chi connectivity index (χ3n) is 3.73. The summed E-state index contributed by atoms with van der Waals surface area (Å²) in [6.45, 7) is 5.30. The Labute approximate surface area is 131 Å². The smallest absolute Gasteiger partial charge is 0.253 e. The highest BCUT2D eigenvalue weighted by atomic mass is 79.9. The number of nitrogens with zero attached hydrogens (tertiary/aromatic N) is 1. The number of carbonyl (C=O) groups is 2. The standard InChI is InChI=1S/C14H16BrClN2O2/c1-4-14(3)13(20)18(8(2)12(19)17-14)11-7-9(15)5-6-10(11)16/h5-8H,4H2,1-3H3,(H,17,19). The molecule has 1 fully saturated rings. The second-order valence-electron chi connectivity index (χ2n) is 5.12. The van der Waals surface area contributed by atoms with E-state index in [4.69, 9.17) is 11.6 Å². The van der Waals surface area contributed by atoms with Gasteiger partial charge in [0.15, 0.2) is 0 Å². The van der Waals surface area contributed by atoms with E-state index in [2.05, 4.69) is 21.2 Å². The summed E-state index contributed by atoms with van der Waals surface area (Å²) in [5.41, 5.74) is -0.344. The van der Waals surface area contributed by atoms with E-state index < -0.39 is 11.6 Å². The molecule has 0 bridgehead atoms. The van der Waals surface area contributed by atoms with Gasteiger partial charge in [0.1, 0.15) is 11.6 Å². The molecule has 1 N–H and O–H groups in total. The molecule has 2 unspecified atom stereocenters. The third-order valence-corrected chi connectivity index (χ3v) is 4.54. The Balaban J connectivity index is 2.54. The number of rotatable bonds is 2. The molecule has 6 heteroatoms. The van der Waals surface area contributed by atoms with Crippen LogP contribution in [0.5, 0.6) is 0 Å². The van der Waals surface area contributed by atoms with Gasteiger partial charge in [-0.3, -0.25) is 14.5 Å². The Morgan fingerprint density at radius 3 is 2.70 bits per heavy atom. The first-order valence-electron chi connectivity index (χ1n) is 6.41. The first-order valence-corrected chi connectivity index (χ1v) is 7.58.